The van der Waals surface area contributed by atoms with Crippen LogP contribution in [0.3, 0.4) is 0 Å². The fourth-order valence-corrected chi connectivity index (χ4v) is 3.90. The van der Waals surface area contributed by atoms with Crippen molar-refractivity contribution >= 4 is 6.29 Å². The predicted molar refractivity (Wildman–Crippen MR) is 137 cm³/mol. The van der Waals surface area contributed by atoms with E-state index in [2.05, 4.69) is 12.1 Å². The number of ether oxygens (including phenoxy) is 6. The van der Waals surface area contributed by atoms with Gasteiger partial charge in [0.2, 0.25) is 0 Å². The van der Waals surface area contributed by atoms with Crippen LogP contribution in [0.2, 0.25) is 0 Å². The first-order valence-corrected chi connectivity index (χ1v) is 11.9. The van der Waals surface area contributed by atoms with Crippen LogP contribution in [0.15, 0.2) is 78.9 Å². The lowest BCUT2D eigenvalue weighted by atomic mass is 9.80. The SMILES string of the molecule is COc1ccc(C(OCCOCCOCCOCC=O)(c2ccccc2)c2ccc(OC)cc2)cc1. The van der Waals surface area contributed by atoms with Gasteiger partial charge in [0.1, 0.15) is 30.0 Å². The summed E-state index contributed by atoms with van der Waals surface area (Å²) < 4.78 is 33.7. The summed E-state index contributed by atoms with van der Waals surface area (Å²) >= 11 is 0. The van der Waals surface area contributed by atoms with Crippen LogP contribution in [-0.2, 0) is 29.3 Å². The highest BCUT2D eigenvalue weighted by molar-refractivity contribution is 5.50. The molecule has 0 saturated heterocycles. The lowest BCUT2D eigenvalue weighted by molar-refractivity contribution is -0.112. The van der Waals surface area contributed by atoms with Gasteiger partial charge in [0, 0.05) is 0 Å². The summed E-state index contributed by atoms with van der Waals surface area (Å²) in [5, 5.41) is 0. The molecule has 36 heavy (non-hydrogen) atoms. The van der Waals surface area contributed by atoms with Gasteiger partial charge in [0.05, 0.1) is 53.9 Å². The number of benzene rings is 3. The normalized spacial score (nSPS) is 11.3. The van der Waals surface area contributed by atoms with Crippen LogP contribution < -0.4 is 9.47 Å². The first-order chi connectivity index (χ1) is 17.7. The monoisotopic (exact) mass is 494 g/mol. The van der Waals surface area contributed by atoms with Crippen molar-refractivity contribution in [2.45, 2.75) is 5.60 Å². The molecule has 3 aromatic carbocycles. The summed E-state index contributed by atoms with van der Waals surface area (Å²) in [4.78, 5) is 10.2. The minimum Gasteiger partial charge on any atom is -0.497 e. The fourth-order valence-electron chi connectivity index (χ4n) is 3.90. The van der Waals surface area contributed by atoms with Crippen LogP contribution in [0.1, 0.15) is 16.7 Å². The Kier molecular flexibility index (Phi) is 11.4. The molecule has 0 aliphatic carbocycles. The quantitative estimate of drug-likeness (QED) is 0.158. The number of carbonyl (C=O) groups excluding carboxylic acids is 1. The highest BCUT2D eigenvalue weighted by Crippen LogP contribution is 2.41. The maximum Gasteiger partial charge on any atom is 0.145 e. The van der Waals surface area contributed by atoms with Gasteiger partial charge in [-0.15, -0.1) is 0 Å². The van der Waals surface area contributed by atoms with Gasteiger partial charge in [-0.2, -0.15) is 0 Å². The van der Waals surface area contributed by atoms with Crippen molar-refractivity contribution in [2.75, 3.05) is 60.5 Å². The van der Waals surface area contributed by atoms with Crippen LogP contribution in [0.4, 0.5) is 0 Å². The molecular formula is C29H34O7. The molecule has 0 heterocycles. The fraction of sp³-hybridized carbons (Fsp3) is 0.345. The third kappa shape index (κ3) is 7.38. The molecule has 7 nitrogen and oxygen atoms in total. The molecular weight excluding hydrogens is 460 g/mol. The zero-order chi connectivity index (χ0) is 25.5. The number of rotatable bonds is 17. The molecule has 0 radical (unpaired) electrons. The Hall–Kier alpha value is -3.23. The summed E-state index contributed by atoms with van der Waals surface area (Å²) in [5.74, 6) is 1.55. The molecule has 0 unspecified atom stereocenters. The van der Waals surface area contributed by atoms with E-state index in [1.807, 2.05) is 66.7 Å². The van der Waals surface area contributed by atoms with E-state index in [1.54, 1.807) is 14.2 Å². The number of aldehydes is 1. The zero-order valence-corrected chi connectivity index (χ0v) is 20.9. The minimum absolute atomic E-state index is 0.0861. The van der Waals surface area contributed by atoms with E-state index in [0.717, 1.165) is 34.5 Å². The summed E-state index contributed by atoms with van der Waals surface area (Å²) in [6.45, 7) is 2.50. The molecule has 0 aromatic heterocycles. The lowest BCUT2D eigenvalue weighted by Gasteiger charge is -2.36. The van der Waals surface area contributed by atoms with Crippen molar-refractivity contribution in [3.8, 4) is 11.5 Å². The molecule has 0 atom stereocenters. The molecule has 0 aliphatic rings. The second-order valence-electron chi connectivity index (χ2n) is 7.82. The Morgan fingerprint density at radius 1 is 0.583 bits per heavy atom. The van der Waals surface area contributed by atoms with Crippen LogP contribution in [0.25, 0.3) is 0 Å². The largest absolute Gasteiger partial charge is 0.497 e. The van der Waals surface area contributed by atoms with Crippen molar-refractivity contribution in [3.63, 3.8) is 0 Å². The number of hydrogen-bond acceptors (Lipinski definition) is 7. The highest BCUT2D eigenvalue weighted by Gasteiger charge is 2.37. The van der Waals surface area contributed by atoms with Crippen LogP contribution in [0, 0.1) is 0 Å². The van der Waals surface area contributed by atoms with Gasteiger partial charge in [-0.1, -0.05) is 54.6 Å². The average molecular weight is 495 g/mol. The number of methoxy groups -OCH3 is 2. The summed E-state index contributed by atoms with van der Waals surface area (Å²) in [6.07, 6.45) is 0.719. The van der Waals surface area contributed by atoms with E-state index in [9.17, 15) is 4.79 Å². The molecule has 0 N–H and O–H groups in total. The number of carbonyl (C=O) groups is 1. The first kappa shape index (κ1) is 27.4. The van der Waals surface area contributed by atoms with Gasteiger partial charge in [-0.3, -0.25) is 0 Å². The minimum atomic E-state index is -0.865. The predicted octanol–water partition coefficient (Wildman–Crippen LogP) is 4.26. The number of hydrogen-bond donors (Lipinski definition) is 0. The van der Waals surface area contributed by atoms with Crippen LogP contribution in [-0.4, -0.2) is 66.8 Å². The maximum atomic E-state index is 10.2. The Bertz CT molecular complexity index is 957. The van der Waals surface area contributed by atoms with Crippen molar-refractivity contribution in [2.24, 2.45) is 0 Å². The van der Waals surface area contributed by atoms with Crippen LogP contribution >= 0.6 is 0 Å². The molecule has 0 spiro atoms. The molecule has 0 fully saturated rings. The second kappa shape index (κ2) is 15.0. The molecule has 3 aromatic rings. The van der Waals surface area contributed by atoms with Crippen molar-refractivity contribution < 1.29 is 33.2 Å². The Morgan fingerprint density at radius 2 is 1.03 bits per heavy atom. The Morgan fingerprint density at radius 3 is 1.50 bits per heavy atom. The molecule has 192 valence electrons. The maximum absolute atomic E-state index is 10.2. The summed E-state index contributed by atoms with van der Waals surface area (Å²) in [7, 11) is 3.30. The van der Waals surface area contributed by atoms with Gasteiger partial charge in [-0.05, 0) is 41.0 Å². The standard InChI is InChI=1S/C29H34O7/c1-31-27-12-8-25(9-13-27)29(24-6-4-3-5-7-24,26-10-14-28(32-2)15-11-26)36-23-22-35-21-20-34-19-18-33-17-16-30/h3-16H,17-23H2,1-2H3. The van der Waals surface area contributed by atoms with Gasteiger partial charge < -0.3 is 33.2 Å². The van der Waals surface area contributed by atoms with Gasteiger partial charge in [0.25, 0.3) is 0 Å². The van der Waals surface area contributed by atoms with Gasteiger partial charge in [-0.25, -0.2) is 0 Å². The van der Waals surface area contributed by atoms with Gasteiger partial charge >= 0.3 is 0 Å². The second-order valence-corrected chi connectivity index (χ2v) is 7.82. The van der Waals surface area contributed by atoms with E-state index >= 15 is 0 Å². The van der Waals surface area contributed by atoms with Gasteiger partial charge in [0.15, 0.2) is 0 Å². The summed E-state index contributed by atoms with van der Waals surface area (Å²) in [6, 6.07) is 26.0. The first-order valence-electron chi connectivity index (χ1n) is 11.9. The summed E-state index contributed by atoms with van der Waals surface area (Å²) in [5.41, 5.74) is 2.07. The topological polar surface area (TPSA) is 72.5 Å². The third-order valence-corrected chi connectivity index (χ3v) is 5.65. The average Bonchev–Trinajstić information content (AvgIpc) is 2.94. The van der Waals surface area contributed by atoms with Crippen molar-refractivity contribution in [3.05, 3.63) is 95.6 Å². The molecule has 0 bridgehead atoms. The Balaban J connectivity index is 1.76. The molecule has 0 aliphatic heterocycles. The molecule has 0 saturated carbocycles. The van der Waals surface area contributed by atoms with E-state index in [-0.39, 0.29) is 6.61 Å². The Labute approximate surface area is 212 Å². The molecule has 0 amide bonds. The van der Waals surface area contributed by atoms with E-state index in [0.29, 0.717) is 39.6 Å². The van der Waals surface area contributed by atoms with Crippen LogP contribution in [0.5, 0.6) is 11.5 Å². The van der Waals surface area contributed by atoms with Crippen molar-refractivity contribution in [1.29, 1.82) is 0 Å². The lowest BCUT2D eigenvalue weighted by Crippen LogP contribution is -2.34. The third-order valence-electron chi connectivity index (χ3n) is 5.65. The van der Waals surface area contributed by atoms with E-state index in [4.69, 9.17) is 28.4 Å². The van der Waals surface area contributed by atoms with E-state index in [1.165, 1.54) is 0 Å². The van der Waals surface area contributed by atoms with E-state index < -0.39 is 5.60 Å². The smallest absolute Gasteiger partial charge is 0.145 e. The molecule has 3 rings (SSSR count). The zero-order valence-electron chi connectivity index (χ0n) is 20.9. The highest BCUT2D eigenvalue weighted by atomic mass is 16.6. The van der Waals surface area contributed by atoms with Crippen molar-refractivity contribution in [1.82, 2.24) is 0 Å². The molecule has 7 heteroatoms.